The van der Waals surface area contributed by atoms with E-state index in [1.54, 1.807) is 11.3 Å². The Bertz CT molecular complexity index is 465. The molecule has 0 saturated heterocycles. The molecule has 16 heavy (non-hydrogen) atoms. The molecule has 0 aliphatic heterocycles. The molecule has 2 rings (SSSR count). The first-order valence-electron chi connectivity index (χ1n) is 4.58. The van der Waals surface area contributed by atoms with Gasteiger partial charge in [0.05, 0.1) is 10.6 Å². The molecule has 4 nitrogen and oxygen atoms in total. The van der Waals surface area contributed by atoms with E-state index in [1.165, 1.54) is 18.4 Å². The maximum absolute atomic E-state index is 11.2. The van der Waals surface area contributed by atoms with Crippen LogP contribution in [0.15, 0.2) is 22.9 Å². The Morgan fingerprint density at radius 3 is 3.12 bits per heavy atom. The first kappa shape index (κ1) is 11.3. The van der Waals surface area contributed by atoms with Gasteiger partial charge in [0.25, 0.3) is 5.91 Å². The summed E-state index contributed by atoms with van der Waals surface area (Å²) in [5.74, 6) is -0.186. The fraction of sp³-hybridized carbons (Fsp3) is 0.200. The topological polar surface area (TPSA) is 51.2 Å². The van der Waals surface area contributed by atoms with E-state index < -0.39 is 0 Å². The van der Waals surface area contributed by atoms with E-state index >= 15 is 0 Å². The first-order valence-corrected chi connectivity index (χ1v) is 6.33. The van der Waals surface area contributed by atoms with Gasteiger partial charge in [-0.15, -0.1) is 22.7 Å². The number of anilines is 1. The van der Waals surface area contributed by atoms with Crippen molar-refractivity contribution in [1.82, 2.24) is 4.98 Å². The second-order valence-electron chi connectivity index (χ2n) is 3.00. The minimum absolute atomic E-state index is 0.0495. The van der Waals surface area contributed by atoms with Crippen molar-refractivity contribution in [3.63, 3.8) is 0 Å². The molecule has 0 aliphatic carbocycles. The van der Waals surface area contributed by atoms with Gasteiger partial charge >= 0.3 is 0 Å². The highest BCUT2D eigenvalue weighted by atomic mass is 32.1. The summed E-state index contributed by atoms with van der Waals surface area (Å²) in [5.41, 5.74) is 0.896. The average molecular weight is 254 g/mol. The number of methoxy groups -OCH3 is 1. The molecule has 2 aromatic heterocycles. The van der Waals surface area contributed by atoms with Crippen LogP contribution in [0, 0.1) is 0 Å². The molecule has 0 saturated carbocycles. The van der Waals surface area contributed by atoms with Gasteiger partial charge < -0.3 is 4.74 Å². The van der Waals surface area contributed by atoms with E-state index in [4.69, 9.17) is 4.74 Å². The van der Waals surface area contributed by atoms with Gasteiger partial charge in [-0.25, -0.2) is 4.98 Å². The number of thiazole rings is 1. The van der Waals surface area contributed by atoms with Crippen molar-refractivity contribution in [2.75, 3.05) is 19.0 Å². The summed E-state index contributed by atoms with van der Waals surface area (Å²) in [6.45, 7) is 0.0495. The minimum atomic E-state index is -0.186. The zero-order valence-electron chi connectivity index (χ0n) is 8.60. The van der Waals surface area contributed by atoms with Crippen LogP contribution in [-0.2, 0) is 9.53 Å². The van der Waals surface area contributed by atoms with Crippen LogP contribution < -0.4 is 5.32 Å². The zero-order chi connectivity index (χ0) is 11.4. The van der Waals surface area contributed by atoms with E-state index in [2.05, 4.69) is 10.3 Å². The third-order valence-electron chi connectivity index (χ3n) is 1.80. The van der Waals surface area contributed by atoms with Crippen molar-refractivity contribution in [1.29, 1.82) is 0 Å². The van der Waals surface area contributed by atoms with Crippen LogP contribution in [0.5, 0.6) is 0 Å². The van der Waals surface area contributed by atoms with Gasteiger partial charge in [-0.2, -0.15) is 0 Å². The van der Waals surface area contributed by atoms with Gasteiger partial charge in [0, 0.05) is 12.5 Å². The van der Waals surface area contributed by atoms with Crippen molar-refractivity contribution < 1.29 is 9.53 Å². The number of nitrogens with zero attached hydrogens (tertiary/aromatic N) is 1. The van der Waals surface area contributed by atoms with Gasteiger partial charge in [0.1, 0.15) is 6.61 Å². The van der Waals surface area contributed by atoms with Crippen molar-refractivity contribution >= 4 is 33.7 Å². The average Bonchev–Trinajstić information content (AvgIpc) is 2.86. The van der Waals surface area contributed by atoms with Gasteiger partial charge in [-0.3, -0.25) is 10.1 Å². The summed E-state index contributed by atoms with van der Waals surface area (Å²) in [6.07, 6.45) is 0. The minimum Gasteiger partial charge on any atom is -0.375 e. The maximum atomic E-state index is 11.2. The molecule has 2 aromatic rings. The number of carbonyl (C=O) groups excluding carboxylic acids is 1. The van der Waals surface area contributed by atoms with E-state index in [-0.39, 0.29) is 12.5 Å². The van der Waals surface area contributed by atoms with Gasteiger partial charge in [0.15, 0.2) is 5.13 Å². The molecule has 0 spiro atoms. The fourth-order valence-electron chi connectivity index (χ4n) is 1.16. The molecular formula is C10H10N2O2S2. The lowest BCUT2D eigenvalue weighted by molar-refractivity contribution is -0.119. The summed E-state index contributed by atoms with van der Waals surface area (Å²) in [5, 5.41) is 7.20. The molecule has 1 N–H and O–H groups in total. The van der Waals surface area contributed by atoms with Crippen LogP contribution in [0.2, 0.25) is 0 Å². The van der Waals surface area contributed by atoms with Crippen molar-refractivity contribution in [3.05, 3.63) is 22.9 Å². The zero-order valence-corrected chi connectivity index (χ0v) is 10.2. The number of carbonyl (C=O) groups is 1. The lowest BCUT2D eigenvalue weighted by atomic mass is 10.4. The summed E-state index contributed by atoms with van der Waals surface area (Å²) < 4.78 is 4.72. The molecule has 2 heterocycles. The SMILES string of the molecule is COCC(=O)Nc1nc(-c2cccs2)cs1. The van der Waals surface area contributed by atoms with Crippen LogP contribution in [0.25, 0.3) is 10.6 Å². The number of ether oxygens (including phenoxy) is 1. The number of hydrogen-bond donors (Lipinski definition) is 1. The number of aromatic nitrogens is 1. The standard InChI is InChI=1S/C10H10N2O2S2/c1-14-5-9(13)12-10-11-7(6-16-10)8-3-2-4-15-8/h2-4,6H,5H2,1H3,(H,11,12,13). The molecule has 84 valence electrons. The summed E-state index contributed by atoms with van der Waals surface area (Å²) in [7, 11) is 1.48. The second-order valence-corrected chi connectivity index (χ2v) is 4.80. The monoisotopic (exact) mass is 254 g/mol. The van der Waals surface area contributed by atoms with Gasteiger partial charge in [0.2, 0.25) is 0 Å². The molecule has 0 aliphatic rings. The normalized spacial score (nSPS) is 10.3. The molecule has 0 bridgehead atoms. The number of nitrogens with one attached hydrogen (secondary N) is 1. The molecule has 6 heteroatoms. The largest absolute Gasteiger partial charge is 0.375 e. The predicted molar refractivity (Wildman–Crippen MR) is 65.9 cm³/mol. The summed E-state index contributed by atoms with van der Waals surface area (Å²) >= 11 is 3.04. The summed E-state index contributed by atoms with van der Waals surface area (Å²) in [6, 6.07) is 3.98. The van der Waals surface area contributed by atoms with Crippen LogP contribution in [0.3, 0.4) is 0 Å². The van der Waals surface area contributed by atoms with E-state index in [1.807, 2.05) is 22.9 Å². The third kappa shape index (κ3) is 2.66. The first-order chi connectivity index (χ1) is 7.79. The Kier molecular flexibility index (Phi) is 3.66. The lowest BCUT2D eigenvalue weighted by Crippen LogP contribution is -2.16. The van der Waals surface area contributed by atoms with E-state index in [0.29, 0.717) is 5.13 Å². The Morgan fingerprint density at radius 2 is 2.44 bits per heavy atom. The second kappa shape index (κ2) is 5.20. The smallest absolute Gasteiger partial charge is 0.252 e. The quantitative estimate of drug-likeness (QED) is 0.911. The molecule has 0 unspecified atom stereocenters. The Balaban J connectivity index is 2.06. The molecule has 0 radical (unpaired) electrons. The molecule has 0 fully saturated rings. The number of thiophene rings is 1. The maximum Gasteiger partial charge on any atom is 0.252 e. The van der Waals surface area contributed by atoms with Crippen LogP contribution >= 0.6 is 22.7 Å². The highest BCUT2D eigenvalue weighted by molar-refractivity contribution is 7.16. The van der Waals surface area contributed by atoms with Crippen molar-refractivity contribution in [2.24, 2.45) is 0 Å². The van der Waals surface area contributed by atoms with Gasteiger partial charge in [-0.05, 0) is 11.4 Å². The van der Waals surface area contributed by atoms with E-state index in [0.717, 1.165) is 10.6 Å². The number of rotatable bonds is 4. The van der Waals surface area contributed by atoms with Crippen molar-refractivity contribution in [2.45, 2.75) is 0 Å². The number of hydrogen-bond acceptors (Lipinski definition) is 5. The number of amides is 1. The highest BCUT2D eigenvalue weighted by Gasteiger charge is 2.07. The van der Waals surface area contributed by atoms with Crippen LogP contribution in [0.1, 0.15) is 0 Å². The predicted octanol–water partition coefficient (Wildman–Crippen LogP) is 2.46. The Hall–Kier alpha value is -1.24. The van der Waals surface area contributed by atoms with Crippen molar-refractivity contribution in [3.8, 4) is 10.6 Å². The third-order valence-corrected chi connectivity index (χ3v) is 3.45. The fourth-order valence-corrected chi connectivity index (χ4v) is 2.64. The Labute approximate surface area is 101 Å². The molecule has 1 amide bonds. The molecular weight excluding hydrogens is 244 g/mol. The highest BCUT2D eigenvalue weighted by Crippen LogP contribution is 2.28. The van der Waals surface area contributed by atoms with Crippen LogP contribution in [0.4, 0.5) is 5.13 Å². The van der Waals surface area contributed by atoms with E-state index in [9.17, 15) is 4.79 Å². The summed E-state index contributed by atoms with van der Waals surface area (Å²) in [4.78, 5) is 16.7. The molecule has 0 atom stereocenters. The molecule has 0 aromatic carbocycles. The lowest BCUT2D eigenvalue weighted by Gasteiger charge is -1.98. The Morgan fingerprint density at radius 1 is 1.56 bits per heavy atom. The van der Waals surface area contributed by atoms with Crippen LogP contribution in [-0.4, -0.2) is 24.6 Å². The van der Waals surface area contributed by atoms with Gasteiger partial charge in [-0.1, -0.05) is 6.07 Å².